The van der Waals surface area contributed by atoms with Gasteiger partial charge in [0.15, 0.2) is 0 Å². The minimum Gasteiger partial charge on any atom is -0.445 e. The molecule has 0 aliphatic carbocycles. The lowest BCUT2D eigenvalue weighted by atomic mass is 9.93. The van der Waals surface area contributed by atoms with E-state index in [0.717, 1.165) is 30.7 Å². The van der Waals surface area contributed by atoms with E-state index in [4.69, 9.17) is 4.42 Å². The lowest BCUT2D eigenvalue weighted by Crippen LogP contribution is -2.34. The number of nitrogens with one attached hydrogen (secondary N) is 1. The Hall–Kier alpha value is -0.290. The SMILES string of the molecule is CNCCC1CCN(Cc2ncc(C)o2)CC1.Cl.Cl. The highest BCUT2D eigenvalue weighted by atomic mass is 35.5. The summed E-state index contributed by atoms with van der Waals surface area (Å²) in [5.41, 5.74) is 0. The first kappa shape index (κ1) is 18.7. The average Bonchev–Trinajstić information content (AvgIpc) is 2.74. The number of hydrogen-bond acceptors (Lipinski definition) is 4. The zero-order chi connectivity index (χ0) is 12.1. The minimum absolute atomic E-state index is 0. The van der Waals surface area contributed by atoms with Gasteiger partial charge in [0.25, 0.3) is 0 Å². The van der Waals surface area contributed by atoms with Crippen molar-refractivity contribution in [2.24, 2.45) is 5.92 Å². The molecule has 4 nitrogen and oxygen atoms in total. The molecular formula is C13H25Cl2N3O. The Morgan fingerprint density at radius 3 is 2.58 bits per heavy atom. The summed E-state index contributed by atoms with van der Waals surface area (Å²) in [4.78, 5) is 6.71. The predicted molar refractivity (Wildman–Crippen MR) is 82.3 cm³/mol. The van der Waals surface area contributed by atoms with Gasteiger partial charge in [-0.3, -0.25) is 4.90 Å². The van der Waals surface area contributed by atoms with Crippen molar-refractivity contribution >= 4 is 24.8 Å². The monoisotopic (exact) mass is 309 g/mol. The number of aryl methyl sites for hydroxylation is 1. The van der Waals surface area contributed by atoms with E-state index in [9.17, 15) is 0 Å². The zero-order valence-electron chi connectivity index (χ0n) is 11.7. The van der Waals surface area contributed by atoms with Crippen molar-refractivity contribution in [1.82, 2.24) is 15.2 Å². The average molecular weight is 310 g/mol. The highest BCUT2D eigenvalue weighted by Crippen LogP contribution is 2.21. The van der Waals surface area contributed by atoms with Crippen molar-refractivity contribution in [2.45, 2.75) is 32.7 Å². The van der Waals surface area contributed by atoms with Crippen LogP contribution in [0.3, 0.4) is 0 Å². The maximum Gasteiger partial charge on any atom is 0.208 e. The molecule has 1 aromatic heterocycles. The van der Waals surface area contributed by atoms with Gasteiger partial charge in [0.2, 0.25) is 5.89 Å². The Balaban J connectivity index is 0.00000162. The molecule has 0 radical (unpaired) electrons. The number of halogens is 2. The van der Waals surface area contributed by atoms with Gasteiger partial charge in [-0.2, -0.15) is 0 Å². The molecule has 1 saturated heterocycles. The summed E-state index contributed by atoms with van der Waals surface area (Å²) < 4.78 is 5.52. The fraction of sp³-hybridized carbons (Fsp3) is 0.769. The van der Waals surface area contributed by atoms with Gasteiger partial charge in [-0.25, -0.2) is 4.98 Å². The fourth-order valence-corrected chi connectivity index (χ4v) is 2.45. The molecule has 1 aromatic rings. The zero-order valence-corrected chi connectivity index (χ0v) is 13.4. The van der Waals surface area contributed by atoms with Crippen LogP contribution in [0.1, 0.15) is 30.9 Å². The van der Waals surface area contributed by atoms with Crippen molar-refractivity contribution < 1.29 is 4.42 Å². The van der Waals surface area contributed by atoms with Gasteiger partial charge in [0, 0.05) is 0 Å². The molecule has 0 amide bonds. The first-order valence-electron chi connectivity index (χ1n) is 6.56. The van der Waals surface area contributed by atoms with Crippen molar-refractivity contribution in [3.63, 3.8) is 0 Å². The Bertz CT molecular complexity index is 338. The van der Waals surface area contributed by atoms with Crippen LogP contribution in [0.25, 0.3) is 0 Å². The fourth-order valence-electron chi connectivity index (χ4n) is 2.45. The lowest BCUT2D eigenvalue weighted by Gasteiger charge is -2.31. The van der Waals surface area contributed by atoms with Crippen LogP contribution in [0.15, 0.2) is 10.6 Å². The number of rotatable bonds is 5. The van der Waals surface area contributed by atoms with E-state index >= 15 is 0 Å². The van der Waals surface area contributed by atoms with Gasteiger partial charge in [0.1, 0.15) is 5.76 Å². The van der Waals surface area contributed by atoms with Crippen molar-refractivity contribution in [3.8, 4) is 0 Å². The maximum atomic E-state index is 5.52. The first-order chi connectivity index (χ1) is 8.28. The van der Waals surface area contributed by atoms with E-state index in [1.54, 1.807) is 6.20 Å². The molecule has 2 rings (SSSR count). The summed E-state index contributed by atoms with van der Waals surface area (Å²) in [6.45, 7) is 6.31. The second-order valence-electron chi connectivity index (χ2n) is 4.98. The molecule has 1 N–H and O–H groups in total. The molecule has 112 valence electrons. The number of aromatic nitrogens is 1. The molecule has 2 heterocycles. The number of oxazole rings is 1. The molecule has 1 fully saturated rings. The third-order valence-corrected chi connectivity index (χ3v) is 3.54. The highest BCUT2D eigenvalue weighted by Gasteiger charge is 2.19. The van der Waals surface area contributed by atoms with Crippen LogP contribution in [0.4, 0.5) is 0 Å². The van der Waals surface area contributed by atoms with Crippen molar-refractivity contribution in [1.29, 1.82) is 0 Å². The van der Waals surface area contributed by atoms with Gasteiger partial charge in [-0.15, -0.1) is 24.8 Å². The van der Waals surface area contributed by atoms with Gasteiger partial charge >= 0.3 is 0 Å². The van der Waals surface area contributed by atoms with Crippen LogP contribution in [0.2, 0.25) is 0 Å². The second-order valence-corrected chi connectivity index (χ2v) is 4.98. The summed E-state index contributed by atoms with van der Waals surface area (Å²) in [5.74, 6) is 2.66. The molecule has 0 spiro atoms. The van der Waals surface area contributed by atoms with Crippen LogP contribution >= 0.6 is 24.8 Å². The Morgan fingerprint density at radius 1 is 1.37 bits per heavy atom. The summed E-state index contributed by atoms with van der Waals surface area (Å²) in [5, 5.41) is 3.23. The molecule has 1 aliphatic rings. The van der Waals surface area contributed by atoms with E-state index in [1.165, 1.54) is 32.4 Å². The summed E-state index contributed by atoms with van der Waals surface area (Å²) in [6.07, 6.45) is 5.72. The molecule has 0 aromatic carbocycles. The first-order valence-corrected chi connectivity index (χ1v) is 6.56. The van der Waals surface area contributed by atoms with Crippen LogP contribution < -0.4 is 5.32 Å². The summed E-state index contributed by atoms with van der Waals surface area (Å²) >= 11 is 0. The summed E-state index contributed by atoms with van der Waals surface area (Å²) in [7, 11) is 2.03. The van der Waals surface area contributed by atoms with E-state index in [-0.39, 0.29) is 24.8 Å². The number of nitrogens with zero attached hydrogens (tertiary/aromatic N) is 2. The van der Waals surface area contributed by atoms with E-state index < -0.39 is 0 Å². The maximum absolute atomic E-state index is 5.52. The Kier molecular flexibility index (Phi) is 9.44. The number of piperidine rings is 1. The Labute approximate surface area is 128 Å². The Morgan fingerprint density at radius 2 is 2.05 bits per heavy atom. The number of likely N-dealkylation sites (tertiary alicyclic amines) is 1. The van der Waals surface area contributed by atoms with Gasteiger partial charge in [-0.05, 0) is 58.8 Å². The van der Waals surface area contributed by atoms with E-state index in [2.05, 4.69) is 15.2 Å². The van der Waals surface area contributed by atoms with Gasteiger partial charge in [-0.1, -0.05) is 0 Å². The summed E-state index contributed by atoms with van der Waals surface area (Å²) in [6, 6.07) is 0. The topological polar surface area (TPSA) is 41.3 Å². The predicted octanol–water partition coefficient (Wildman–Crippen LogP) is 2.65. The minimum atomic E-state index is 0. The molecule has 19 heavy (non-hydrogen) atoms. The lowest BCUT2D eigenvalue weighted by molar-refractivity contribution is 0.159. The van der Waals surface area contributed by atoms with Crippen LogP contribution in [-0.4, -0.2) is 36.6 Å². The molecule has 0 atom stereocenters. The molecule has 6 heteroatoms. The standard InChI is InChI=1S/C13H23N3O.2ClH/c1-11-9-15-13(17-11)10-16-7-4-12(5-8-16)3-6-14-2;;/h9,12,14H,3-8,10H2,1-2H3;2*1H. The molecule has 1 aliphatic heterocycles. The highest BCUT2D eigenvalue weighted by molar-refractivity contribution is 5.85. The van der Waals surface area contributed by atoms with Crippen LogP contribution in [0, 0.1) is 12.8 Å². The second kappa shape index (κ2) is 9.59. The van der Waals surface area contributed by atoms with Crippen LogP contribution in [-0.2, 0) is 6.54 Å². The third-order valence-electron chi connectivity index (χ3n) is 3.54. The smallest absolute Gasteiger partial charge is 0.208 e. The molecule has 0 saturated carbocycles. The number of hydrogen-bond donors (Lipinski definition) is 1. The molecule has 0 bridgehead atoms. The molecular weight excluding hydrogens is 285 g/mol. The van der Waals surface area contributed by atoms with Crippen molar-refractivity contribution in [2.75, 3.05) is 26.7 Å². The quantitative estimate of drug-likeness (QED) is 0.908. The third kappa shape index (κ3) is 6.13. The molecule has 0 unspecified atom stereocenters. The van der Waals surface area contributed by atoms with Crippen molar-refractivity contribution in [3.05, 3.63) is 17.8 Å². The van der Waals surface area contributed by atoms with E-state index in [1.807, 2.05) is 14.0 Å². The largest absolute Gasteiger partial charge is 0.445 e. The van der Waals surface area contributed by atoms with E-state index in [0.29, 0.717) is 0 Å². The normalized spacial score (nSPS) is 16.7. The van der Waals surface area contributed by atoms with Gasteiger partial charge in [0.05, 0.1) is 12.7 Å². The van der Waals surface area contributed by atoms with Crippen LogP contribution in [0.5, 0.6) is 0 Å². The van der Waals surface area contributed by atoms with Gasteiger partial charge < -0.3 is 9.73 Å².